The number of nitrogens with zero attached hydrogens (tertiary/aromatic N) is 5. The number of anilines is 1. The van der Waals surface area contributed by atoms with Crippen LogP contribution in [0.1, 0.15) is 6.42 Å². The Morgan fingerprint density at radius 2 is 1.85 bits per heavy atom. The Kier molecular flexibility index (Phi) is 5.85. The fraction of sp³-hybridized carbons (Fsp3) is 0.389. The Labute approximate surface area is 152 Å². The molecule has 0 saturated heterocycles. The van der Waals surface area contributed by atoms with Gasteiger partial charge in [-0.25, -0.2) is 15.0 Å². The molecule has 8 nitrogen and oxygen atoms in total. The quantitative estimate of drug-likeness (QED) is 0.625. The molecular weight excluding hydrogens is 332 g/mol. The summed E-state index contributed by atoms with van der Waals surface area (Å²) in [6.07, 6.45) is 4.22. The molecule has 2 aromatic heterocycles. The second-order valence-electron chi connectivity index (χ2n) is 6.05. The van der Waals surface area contributed by atoms with Crippen molar-refractivity contribution in [3.63, 3.8) is 0 Å². The highest BCUT2D eigenvalue weighted by Gasteiger charge is 2.07. The molecule has 0 aliphatic heterocycles. The summed E-state index contributed by atoms with van der Waals surface area (Å²) in [5.74, 6) is 2.09. The summed E-state index contributed by atoms with van der Waals surface area (Å²) >= 11 is 0. The number of hydrogen-bond donors (Lipinski definition) is 1. The molecule has 3 rings (SSSR count). The average Bonchev–Trinajstić information content (AvgIpc) is 3.07. The Morgan fingerprint density at radius 3 is 2.62 bits per heavy atom. The molecule has 0 unspecified atom stereocenters. The third-order valence-corrected chi connectivity index (χ3v) is 4.17. The molecule has 138 valence electrons. The van der Waals surface area contributed by atoms with Gasteiger partial charge < -0.3 is 24.7 Å². The molecule has 0 saturated carbocycles. The van der Waals surface area contributed by atoms with Crippen LogP contribution < -0.4 is 15.2 Å². The summed E-state index contributed by atoms with van der Waals surface area (Å²) in [5, 5.41) is 0. The van der Waals surface area contributed by atoms with Gasteiger partial charge in [0.05, 0.1) is 13.4 Å². The number of aryl methyl sites for hydroxylation is 1. The molecule has 0 atom stereocenters. The highest BCUT2D eigenvalue weighted by molar-refractivity contribution is 5.80. The summed E-state index contributed by atoms with van der Waals surface area (Å²) in [4.78, 5) is 14.7. The minimum atomic E-state index is 0.418. The van der Waals surface area contributed by atoms with E-state index < -0.39 is 0 Å². The third-order valence-electron chi connectivity index (χ3n) is 4.17. The summed E-state index contributed by atoms with van der Waals surface area (Å²) < 4.78 is 12.9. The van der Waals surface area contributed by atoms with Crippen LogP contribution in [0.5, 0.6) is 11.5 Å². The molecule has 0 aliphatic rings. The van der Waals surface area contributed by atoms with E-state index in [1.165, 1.54) is 6.33 Å². The first-order chi connectivity index (χ1) is 12.7. The lowest BCUT2D eigenvalue weighted by Gasteiger charge is -2.17. The summed E-state index contributed by atoms with van der Waals surface area (Å²) in [6.45, 7) is 3.27. The van der Waals surface area contributed by atoms with Crippen LogP contribution in [-0.4, -0.2) is 58.3 Å². The van der Waals surface area contributed by atoms with Gasteiger partial charge in [0.15, 0.2) is 11.5 Å². The van der Waals surface area contributed by atoms with Crippen LogP contribution in [-0.2, 0) is 6.54 Å². The zero-order chi connectivity index (χ0) is 18.4. The zero-order valence-corrected chi connectivity index (χ0v) is 15.1. The summed E-state index contributed by atoms with van der Waals surface area (Å²) in [5.41, 5.74) is 7.25. The van der Waals surface area contributed by atoms with Gasteiger partial charge in [-0.1, -0.05) is 0 Å². The van der Waals surface area contributed by atoms with Gasteiger partial charge in [0.1, 0.15) is 29.9 Å². The van der Waals surface area contributed by atoms with Gasteiger partial charge >= 0.3 is 0 Å². The maximum absolute atomic E-state index is 5.81. The fourth-order valence-electron chi connectivity index (χ4n) is 2.68. The number of benzene rings is 1. The van der Waals surface area contributed by atoms with E-state index in [9.17, 15) is 0 Å². The van der Waals surface area contributed by atoms with Gasteiger partial charge in [0, 0.05) is 13.1 Å². The maximum atomic E-state index is 5.81. The molecule has 0 bridgehead atoms. The number of likely N-dealkylation sites (N-methyl/N-ethyl adjacent to an activating group) is 1. The standard InChI is InChI=1S/C18H24N6O2/c1-23(10-11-26-15-6-4-14(25-2)5-7-15)8-3-9-24-13-22-16-17(19)20-12-21-18(16)24/h4-7,12-13H,3,8-11H2,1-2H3,(H2,19,20,21). The number of imidazole rings is 1. The third kappa shape index (κ3) is 4.40. The van der Waals surface area contributed by atoms with Crippen LogP contribution >= 0.6 is 0 Å². The lowest BCUT2D eigenvalue weighted by atomic mass is 10.3. The number of nitrogen functional groups attached to an aromatic ring is 1. The predicted molar refractivity (Wildman–Crippen MR) is 100 cm³/mol. The van der Waals surface area contributed by atoms with Crippen molar-refractivity contribution >= 4 is 17.0 Å². The monoisotopic (exact) mass is 356 g/mol. The van der Waals surface area contributed by atoms with Gasteiger partial charge in [-0.05, 0) is 44.3 Å². The van der Waals surface area contributed by atoms with E-state index in [0.29, 0.717) is 17.9 Å². The SMILES string of the molecule is COc1ccc(OCCN(C)CCCn2cnc3c(N)ncnc32)cc1. The average molecular weight is 356 g/mol. The van der Waals surface area contributed by atoms with E-state index in [1.54, 1.807) is 13.4 Å². The lowest BCUT2D eigenvalue weighted by Crippen LogP contribution is -2.26. The van der Waals surface area contributed by atoms with Crippen LogP contribution in [0.15, 0.2) is 36.9 Å². The number of nitrogens with two attached hydrogens (primary N) is 1. The second kappa shape index (κ2) is 8.48. The predicted octanol–water partition coefficient (Wildman–Crippen LogP) is 1.82. The number of methoxy groups -OCH3 is 1. The molecule has 0 fully saturated rings. The molecule has 26 heavy (non-hydrogen) atoms. The first kappa shape index (κ1) is 17.9. The van der Waals surface area contributed by atoms with Crippen LogP contribution in [0.25, 0.3) is 11.2 Å². The second-order valence-corrected chi connectivity index (χ2v) is 6.05. The zero-order valence-electron chi connectivity index (χ0n) is 15.1. The molecule has 3 aromatic rings. The van der Waals surface area contributed by atoms with Crippen molar-refractivity contribution in [2.24, 2.45) is 0 Å². The lowest BCUT2D eigenvalue weighted by molar-refractivity contribution is 0.233. The van der Waals surface area contributed by atoms with Crippen molar-refractivity contribution in [3.05, 3.63) is 36.9 Å². The van der Waals surface area contributed by atoms with Gasteiger partial charge in [0.2, 0.25) is 0 Å². The van der Waals surface area contributed by atoms with Gasteiger partial charge in [-0.2, -0.15) is 0 Å². The van der Waals surface area contributed by atoms with E-state index in [1.807, 2.05) is 28.8 Å². The highest BCUT2D eigenvalue weighted by atomic mass is 16.5. The van der Waals surface area contributed by atoms with E-state index in [-0.39, 0.29) is 0 Å². The first-order valence-corrected chi connectivity index (χ1v) is 8.54. The minimum Gasteiger partial charge on any atom is -0.497 e. The van der Waals surface area contributed by atoms with Gasteiger partial charge in [0.25, 0.3) is 0 Å². The van der Waals surface area contributed by atoms with Crippen molar-refractivity contribution in [1.29, 1.82) is 0 Å². The van der Waals surface area contributed by atoms with E-state index in [0.717, 1.165) is 43.2 Å². The Bertz CT molecular complexity index is 833. The normalized spacial score (nSPS) is 11.2. The molecule has 2 N–H and O–H groups in total. The molecule has 0 aliphatic carbocycles. The van der Waals surface area contributed by atoms with Crippen molar-refractivity contribution < 1.29 is 9.47 Å². The number of aromatic nitrogens is 4. The number of fused-ring (bicyclic) bond motifs is 1. The van der Waals surface area contributed by atoms with Crippen LogP contribution in [0.3, 0.4) is 0 Å². The Hall–Kier alpha value is -2.87. The minimum absolute atomic E-state index is 0.418. The van der Waals surface area contributed by atoms with Crippen molar-refractivity contribution in [3.8, 4) is 11.5 Å². The fourth-order valence-corrected chi connectivity index (χ4v) is 2.68. The van der Waals surface area contributed by atoms with Gasteiger partial charge in [-0.15, -0.1) is 0 Å². The van der Waals surface area contributed by atoms with E-state index >= 15 is 0 Å². The first-order valence-electron chi connectivity index (χ1n) is 8.54. The molecule has 0 radical (unpaired) electrons. The van der Waals surface area contributed by atoms with Crippen LogP contribution in [0, 0.1) is 0 Å². The summed E-state index contributed by atoms with van der Waals surface area (Å²) in [7, 11) is 3.74. The topological polar surface area (TPSA) is 91.3 Å². The Morgan fingerprint density at radius 1 is 1.08 bits per heavy atom. The number of ether oxygens (including phenoxy) is 2. The van der Waals surface area contributed by atoms with E-state index in [2.05, 4.69) is 26.9 Å². The van der Waals surface area contributed by atoms with Crippen LogP contribution in [0.2, 0.25) is 0 Å². The highest BCUT2D eigenvalue weighted by Crippen LogP contribution is 2.17. The molecule has 0 amide bonds. The Balaban J connectivity index is 1.39. The van der Waals surface area contributed by atoms with Crippen molar-refractivity contribution in [1.82, 2.24) is 24.4 Å². The molecule has 8 heteroatoms. The van der Waals surface area contributed by atoms with Crippen molar-refractivity contribution in [2.45, 2.75) is 13.0 Å². The molecule has 1 aromatic carbocycles. The largest absolute Gasteiger partial charge is 0.497 e. The molecule has 2 heterocycles. The van der Waals surface area contributed by atoms with Crippen molar-refractivity contribution in [2.75, 3.05) is 39.6 Å². The van der Waals surface area contributed by atoms with E-state index in [4.69, 9.17) is 15.2 Å². The maximum Gasteiger partial charge on any atom is 0.165 e. The van der Waals surface area contributed by atoms with Crippen LogP contribution in [0.4, 0.5) is 5.82 Å². The number of hydrogen-bond acceptors (Lipinski definition) is 7. The number of rotatable bonds is 9. The van der Waals surface area contributed by atoms with Gasteiger partial charge in [-0.3, -0.25) is 0 Å². The smallest absolute Gasteiger partial charge is 0.165 e. The molecule has 0 spiro atoms. The molecular formula is C18H24N6O2. The summed E-state index contributed by atoms with van der Waals surface area (Å²) in [6, 6.07) is 7.61.